The first-order valence-electron chi connectivity index (χ1n) is 5.18. The second-order valence-electron chi connectivity index (χ2n) is 3.30. The van der Waals surface area contributed by atoms with Crippen molar-refractivity contribution in [1.29, 1.82) is 0 Å². The van der Waals surface area contributed by atoms with Crippen molar-refractivity contribution in [2.45, 2.75) is 13.0 Å². The fraction of sp³-hybridized carbons (Fsp3) is 0.636. The molecule has 0 aliphatic rings. The normalized spacial score (nSPS) is 12.9. The maximum Gasteiger partial charge on any atom is 0.0700 e. The number of methoxy groups -OCH3 is 1. The van der Waals surface area contributed by atoms with Crippen LogP contribution in [-0.2, 0) is 9.47 Å². The topological polar surface area (TPSA) is 30.5 Å². The molecule has 0 aliphatic carbocycles. The summed E-state index contributed by atoms with van der Waals surface area (Å²) in [6, 6.07) is 4.64. The van der Waals surface area contributed by atoms with Crippen LogP contribution in [0, 0.1) is 0 Å². The van der Waals surface area contributed by atoms with Crippen LogP contribution >= 0.6 is 11.3 Å². The van der Waals surface area contributed by atoms with Crippen LogP contribution in [0.25, 0.3) is 0 Å². The molecule has 0 spiro atoms. The summed E-state index contributed by atoms with van der Waals surface area (Å²) in [6.07, 6.45) is 0. The van der Waals surface area contributed by atoms with Crippen LogP contribution < -0.4 is 5.32 Å². The van der Waals surface area contributed by atoms with Gasteiger partial charge in [-0.1, -0.05) is 6.07 Å². The predicted molar refractivity (Wildman–Crippen MR) is 63.4 cm³/mol. The van der Waals surface area contributed by atoms with Gasteiger partial charge in [0.15, 0.2) is 0 Å². The van der Waals surface area contributed by atoms with E-state index in [1.54, 1.807) is 18.4 Å². The van der Waals surface area contributed by atoms with Crippen LogP contribution in [-0.4, -0.2) is 33.5 Å². The first kappa shape index (κ1) is 12.6. The number of thiophene rings is 1. The second-order valence-corrected chi connectivity index (χ2v) is 4.28. The van der Waals surface area contributed by atoms with E-state index in [-0.39, 0.29) is 0 Å². The van der Waals surface area contributed by atoms with Gasteiger partial charge in [-0.05, 0) is 18.4 Å². The molecule has 0 radical (unpaired) electrons. The first-order chi connectivity index (χ1) is 7.34. The van der Waals surface area contributed by atoms with Gasteiger partial charge in [-0.15, -0.1) is 11.3 Å². The Morgan fingerprint density at radius 1 is 1.40 bits per heavy atom. The summed E-state index contributed by atoms with van der Waals surface area (Å²) in [5.41, 5.74) is 0. The number of hydrogen-bond acceptors (Lipinski definition) is 4. The molecule has 1 aromatic rings. The molecule has 1 N–H and O–H groups in total. The van der Waals surface area contributed by atoms with Crippen molar-refractivity contribution < 1.29 is 9.47 Å². The van der Waals surface area contributed by atoms with E-state index in [0.29, 0.717) is 19.3 Å². The molecule has 0 amide bonds. The third-order valence-corrected chi connectivity index (χ3v) is 3.15. The highest BCUT2D eigenvalue weighted by atomic mass is 32.1. The van der Waals surface area contributed by atoms with E-state index in [1.165, 1.54) is 4.88 Å². The van der Waals surface area contributed by atoms with Crippen LogP contribution in [0.3, 0.4) is 0 Å². The van der Waals surface area contributed by atoms with Crippen LogP contribution in [0.2, 0.25) is 0 Å². The lowest BCUT2D eigenvalue weighted by Gasteiger charge is -2.11. The fourth-order valence-corrected chi connectivity index (χ4v) is 1.99. The highest BCUT2D eigenvalue weighted by molar-refractivity contribution is 7.10. The smallest absolute Gasteiger partial charge is 0.0700 e. The molecule has 1 heterocycles. The average Bonchev–Trinajstić information content (AvgIpc) is 2.76. The van der Waals surface area contributed by atoms with Crippen molar-refractivity contribution in [2.24, 2.45) is 0 Å². The van der Waals surface area contributed by atoms with E-state index in [4.69, 9.17) is 9.47 Å². The molecular formula is C11H19NO2S. The minimum atomic E-state index is 0.413. The largest absolute Gasteiger partial charge is 0.382 e. The van der Waals surface area contributed by atoms with Gasteiger partial charge in [0.1, 0.15) is 0 Å². The van der Waals surface area contributed by atoms with Gasteiger partial charge in [-0.3, -0.25) is 0 Å². The Morgan fingerprint density at radius 2 is 2.27 bits per heavy atom. The van der Waals surface area contributed by atoms with Gasteiger partial charge in [0, 0.05) is 24.6 Å². The third kappa shape index (κ3) is 5.28. The Kier molecular flexibility index (Phi) is 6.59. The molecule has 0 bridgehead atoms. The minimum Gasteiger partial charge on any atom is -0.382 e. The molecular weight excluding hydrogens is 210 g/mol. The molecule has 0 fully saturated rings. The first-order valence-corrected chi connectivity index (χ1v) is 6.06. The lowest BCUT2D eigenvalue weighted by Crippen LogP contribution is -2.23. The molecule has 0 saturated carbocycles. The summed E-state index contributed by atoms with van der Waals surface area (Å²) >= 11 is 1.78. The summed E-state index contributed by atoms with van der Waals surface area (Å²) in [7, 11) is 1.68. The molecule has 0 saturated heterocycles. The van der Waals surface area contributed by atoms with E-state index in [2.05, 4.69) is 29.8 Å². The minimum absolute atomic E-state index is 0.413. The van der Waals surface area contributed by atoms with Crippen LogP contribution in [0.5, 0.6) is 0 Å². The predicted octanol–water partition coefficient (Wildman–Crippen LogP) is 2.06. The van der Waals surface area contributed by atoms with Crippen molar-refractivity contribution in [1.82, 2.24) is 5.32 Å². The molecule has 15 heavy (non-hydrogen) atoms. The summed E-state index contributed by atoms with van der Waals surface area (Å²) in [4.78, 5) is 1.37. The van der Waals surface area contributed by atoms with Crippen molar-refractivity contribution >= 4 is 11.3 Å². The third-order valence-electron chi connectivity index (χ3n) is 2.10. The van der Waals surface area contributed by atoms with Crippen molar-refractivity contribution in [3.05, 3.63) is 22.4 Å². The Bertz CT molecular complexity index is 239. The summed E-state index contributed by atoms with van der Waals surface area (Å²) in [5.74, 6) is 0. The van der Waals surface area contributed by atoms with Crippen LogP contribution in [0.15, 0.2) is 17.5 Å². The maximum atomic E-state index is 5.36. The van der Waals surface area contributed by atoms with E-state index < -0.39 is 0 Å². The van der Waals surface area contributed by atoms with Gasteiger partial charge in [0.2, 0.25) is 0 Å². The molecule has 0 unspecified atom stereocenters. The number of ether oxygens (including phenoxy) is 2. The second kappa shape index (κ2) is 7.82. The number of nitrogens with one attached hydrogen (secondary N) is 1. The number of hydrogen-bond donors (Lipinski definition) is 1. The summed E-state index contributed by atoms with van der Waals surface area (Å²) < 4.78 is 10.2. The molecule has 1 rings (SSSR count). The monoisotopic (exact) mass is 229 g/mol. The lowest BCUT2D eigenvalue weighted by atomic mass is 10.3. The van der Waals surface area contributed by atoms with Gasteiger partial charge in [-0.25, -0.2) is 0 Å². The molecule has 3 nitrogen and oxygen atoms in total. The standard InChI is InChI=1S/C11H19NO2S/c1-10(11-4-3-9-15-11)12-5-6-14-8-7-13-2/h3-4,9-10,12H,5-8H2,1-2H3/t10-/m0/s1. The summed E-state index contributed by atoms with van der Waals surface area (Å²) in [5, 5.41) is 5.51. The molecule has 86 valence electrons. The molecule has 0 aliphatic heterocycles. The molecule has 4 heteroatoms. The van der Waals surface area contributed by atoms with Crippen LogP contribution in [0.1, 0.15) is 17.8 Å². The highest BCUT2D eigenvalue weighted by Gasteiger charge is 2.03. The van der Waals surface area contributed by atoms with E-state index >= 15 is 0 Å². The summed E-state index contributed by atoms with van der Waals surface area (Å²) in [6.45, 7) is 5.12. The Labute approximate surface area is 95.4 Å². The highest BCUT2D eigenvalue weighted by Crippen LogP contribution is 2.17. The van der Waals surface area contributed by atoms with Gasteiger partial charge in [0.05, 0.1) is 19.8 Å². The Balaban J connectivity index is 2.00. The molecule has 0 aromatic carbocycles. The quantitative estimate of drug-likeness (QED) is 0.692. The van der Waals surface area contributed by atoms with Crippen molar-refractivity contribution in [3.8, 4) is 0 Å². The van der Waals surface area contributed by atoms with E-state index in [0.717, 1.165) is 13.2 Å². The van der Waals surface area contributed by atoms with E-state index in [1.807, 2.05) is 0 Å². The average molecular weight is 229 g/mol. The SMILES string of the molecule is COCCOCCN[C@@H](C)c1cccs1. The van der Waals surface area contributed by atoms with Gasteiger partial charge in [0.25, 0.3) is 0 Å². The van der Waals surface area contributed by atoms with Gasteiger partial charge >= 0.3 is 0 Å². The Morgan fingerprint density at radius 3 is 2.93 bits per heavy atom. The van der Waals surface area contributed by atoms with Crippen molar-refractivity contribution in [2.75, 3.05) is 33.5 Å². The molecule has 1 aromatic heterocycles. The number of rotatable bonds is 8. The molecule has 1 atom stereocenters. The van der Waals surface area contributed by atoms with E-state index in [9.17, 15) is 0 Å². The Hall–Kier alpha value is -0.420. The zero-order valence-electron chi connectivity index (χ0n) is 9.36. The zero-order valence-corrected chi connectivity index (χ0v) is 10.2. The van der Waals surface area contributed by atoms with Crippen LogP contribution in [0.4, 0.5) is 0 Å². The van der Waals surface area contributed by atoms with Gasteiger partial charge in [-0.2, -0.15) is 0 Å². The fourth-order valence-electron chi connectivity index (χ4n) is 1.23. The van der Waals surface area contributed by atoms with Gasteiger partial charge < -0.3 is 14.8 Å². The maximum absolute atomic E-state index is 5.36. The van der Waals surface area contributed by atoms with Crippen molar-refractivity contribution in [3.63, 3.8) is 0 Å². The lowest BCUT2D eigenvalue weighted by molar-refractivity contribution is 0.0712. The zero-order chi connectivity index (χ0) is 10.9.